The van der Waals surface area contributed by atoms with Crippen LogP contribution in [0.4, 0.5) is 4.53 Å². The molecule has 0 heterocycles. The van der Waals surface area contributed by atoms with Crippen LogP contribution < -0.4 is 0 Å². The molecule has 0 aliphatic heterocycles. The van der Waals surface area contributed by atoms with Gasteiger partial charge in [0.1, 0.15) is 0 Å². The molecule has 0 rings (SSSR count). The van der Waals surface area contributed by atoms with Crippen molar-refractivity contribution in [1.29, 1.82) is 0 Å². The van der Waals surface area contributed by atoms with Gasteiger partial charge in [0.05, 0.1) is 0 Å². The first-order valence-electron chi connectivity index (χ1n) is 1.06. The molecule has 0 spiro atoms. The molecule has 0 fully saturated rings. The number of hydrogen-bond acceptors (Lipinski definition) is 2. The molecule has 0 N–H and O–H groups in total. The van der Waals surface area contributed by atoms with Gasteiger partial charge in [-0.1, -0.05) is 0 Å². The van der Waals surface area contributed by atoms with E-state index in [2.05, 4.69) is 4.94 Å². The van der Waals surface area contributed by atoms with E-state index in [9.17, 15) is 9.32 Å². The molecule has 0 aromatic rings. The second-order valence-corrected chi connectivity index (χ2v) is 0.569. The average Bonchev–Trinajstić information content (AvgIpc) is 1.38. The molecule has 2 nitrogen and oxygen atoms in total. The number of halogens is 1. The molecule has 0 aliphatic carbocycles. The van der Waals surface area contributed by atoms with E-state index < -0.39 is 5.97 Å². The normalized spacial score (nSPS) is 5.67. The predicted molar refractivity (Wildman–Crippen MR) is 20.0 cm³/mol. The Morgan fingerprint density at radius 1 is 1.83 bits per heavy atom. The molecule has 0 saturated carbocycles. The van der Waals surface area contributed by atoms with Gasteiger partial charge >= 0.3 is 35.5 Å². The van der Waals surface area contributed by atoms with Gasteiger partial charge in [0.25, 0.3) is 0 Å². The second-order valence-electron chi connectivity index (χ2n) is 0.569. The minimum atomic E-state index is -0.912. The Balaban J connectivity index is 0. The molecule has 0 unspecified atom stereocenters. The van der Waals surface area contributed by atoms with Gasteiger partial charge in [-0.2, -0.15) is 0 Å². The maximum atomic E-state index is 10.3. The zero-order valence-electron chi connectivity index (χ0n) is 2.69. The summed E-state index contributed by atoms with van der Waals surface area (Å²) in [5.74, 6) is -0.912. The summed E-state index contributed by atoms with van der Waals surface area (Å²) < 4.78 is 10.3. The van der Waals surface area contributed by atoms with Gasteiger partial charge in [-0.15, -0.1) is 0 Å². The Morgan fingerprint density at radius 2 is 2.00 bits per heavy atom. The molecule has 0 radical (unpaired) electrons. The number of rotatable bonds is 0. The van der Waals surface area contributed by atoms with Crippen molar-refractivity contribution in [2.75, 3.05) is 0 Å². The third-order valence-corrected chi connectivity index (χ3v) is 0.109. The van der Waals surface area contributed by atoms with Gasteiger partial charge in [-0.25, -0.2) is 4.79 Å². The molecule has 0 atom stereocenters. The van der Waals surface area contributed by atoms with Crippen LogP contribution in [-0.4, -0.2) is 35.5 Å². The van der Waals surface area contributed by atoms with E-state index in [1.807, 2.05) is 0 Å². The Bertz CT molecular complexity index is 46.8. The molecule has 0 amide bonds. The molecule has 0 bridgehead atoms. The summed E-state index contributed by atoms with van der Waals surface area (Å²) in [4.78, 5) is 11.8. The van der Waals surface area contributed by atoms with Gasteiger partial charge < -0.3 is 0 Å². The van der Waals surface area contributed by atoms with E-state index in [1.54, 1.807) is 0 Å². The number of hydrogen-bond donors (Lipinski definition) is 0. The Labute approximate surface area is 56.9 Å². The fourth-order valence-corrected chi connectivity index (χ4v) is 0. The van der Waals surface area contributed by atoms with Crippen molar-refractivity contribution in [1.82, 2.24) is 0 Å². The summed E-state index contributed by atoms with van der Waals surface area (Å²) in [7, 11) is 0. The Morgan fingerprint density at radius 3 is 2.00 bits per heavy atom. The Hall–Kier alpha value is 0.400. The van der Waals surface area contributed by atoms with Crippen LogP contribution >= 0.6 is 0 Å². The summed E-state index contributed by atoms with van der Waals surface area (Å²) in [5.41, 5.74) is 0. The number of carbonyl (C=O) groups is 1. The zero-order valence-corrected chi connectivity index (χ0v) is 2.69. The fourth-order valence-electron chi connectivity index (χ4n) is 0. The summed E-state index contributed by atoms with van der Waals surface area (Å²) in [6.07, 6.45) is 0. The van der Waals surface area contributed by atoms with Crippen molar-refractivity contribution in [2.45, 2.75) is 6.92 Å². The Kier molecular flexibility index (Phi) is 8.68. The molecule has 4 heteroatoms. The first-order valence-corrected chi connectivity index (χ1v) is 1.06. The monoisotopic (exact) mass is 102 g/mol. The summed E-state index contributed by atoms with van der Waals surface area (Å²) >= 11 is 0. The first-order chi connectivity index (χ1) is 2.27. The molecular formula is C2H4FNaO2. The van der Waals surface area contributed by atoms with Crippen molar-refractivity contribution < 1.29 is 14.3 Å². The van der Waals surface area contributed by atoms with Crippen molar-refractivity contribution in [3.63, 3.8) is 0 Å². The van der Waals surface area contributed by atoms with Gasteiger partial charge in [-0.3, -0.25) is 4.94 Å². The molecule has 6 heavy (non-hydrogen) atoms. The van der Waals surface area contributed by atoms with Crippen LogP contribution in [0, 0.1) is 0 Å². The predicted octanol–water partition coefficient (Wildman–Crippen LogP) is -0.215. The van der Waals surface area contributed by atoms with Crippen LogP contribution in [0.1, 0.15) is 6.92 Å². The van der Waals surface area contributed by atoms with E-state index in [-0.39, 0.29) is 29.6 Å². The third kappa shape index (κ3) is 8.83. The van der Waals surface area contributed by atoms with Gasteiger partial charge in [0.2, 0.25) is 0 Å². The SMILES string of the molecule is CC(=O)OF.[NaH]. The van der Waals surface area contributed by atoms with Crippen LogP contribution in [0.5, 0.6) is 0 Å². The maximum absolute atomic E-state index is 10.3. The van der Waals surface area contributed by atoms with Crippen molar-refractivity contribution in [3.8, 4) is 0 Å². The standard InChI is InChI=1S/C2H3FO2.Na.H/c1-2(4)5-3;;/h1H3;;. The van der Waals surface area contributed by atoms with Crippen LogP contribution in [0.2, 0.25) is 0 Å². The zero-order chi connectivity index (χ0) is 4.28. The van der Waals surface area contributed by atoms with Crippen LogP contribution in [0.3, 0.4) is 0 Å². The van der Waals surface area contributed by atoms with Gasteiger partial charge in [0.15, 0.2) is 0 Å². The van der Waals surface area contributed by atoms with Crippen LogP contribution in [-0.2, 0) is 9.74 Å². The second kappa shape index (κ2) is 5.40. The van der Waals surface area contributed by atoms with Crippen LogP contribution in [0.25, 0.3) is 0 Å². The van der Waals surface area contributed by atoms with E-state index in [4.69, 9.17) is 0 Å². The first kappa shape index (κ1) is 9.64. The van der Waals surface area contributed by atoms with Crippen LogP contribution in [0.15, 0.2) is 0 Å². The van der Waals surface area contributed by atoms with Crippen molar-refractivity contribution in [2.24, 2.45) is 0 Å². The number of carbonyl (C=O) groups excluding carboxylic acids is 1. The van der Waals surface area contributed by atoms with E-state index >= 15 is 0 Å². The molecule has 0 aromatic heterocycles. The average molecular weight is 102 g/mol. The van der Waals surface area contributed by atoms with E-state index in [1.165, 1.54) is 0 Å². The molecule has 32 valence electrons. The minimum absolute atomic E-state index is 0. The van der Waals surface area contributed by atoms with Gasteiger partial charge in [-0.05, 0) is 0 Å². The van der Waals surface area contributed by atoms with E-state index in [0.717, 1.165) is 6.92 Å². The summed E-state index contributed by atoms with van der Waals surface area (Å²) in [5, 5.41) is 0. The van der Waals surface area contributed by atoms with Crippen molar-refractivity contribution >= 4 is 35.5 Å². The van der Waals surface area contributed by atoms with E-state index in [0.29, 0.717) is 0 Å². The molecule has 0 aromatic carbocycles. The molecule has 0 aliphatic rings. The summed E-state index contributed by atoms with van der Waals surface area (Å²) in [6.45, 7) is 0.986. The topological polar surface area (TPSA) is 26.3 Å². The van der Waals surface area contributed by atoms with Crippen molar-refractivity contribution in [3.05, 3.63) is 0 Å². The third-order valence-electron chi connectivity index (χ3n) is 0.109. The molecular weight excluding hydrogens is 98.0 g/mol. The quantitative estimate of drug-likeness (QED) is 0.395. The van der Waals surface area contributed by atoms with Gasteiger partial charge in [0, 0.05) is 11.4 Å². The summed E-state index contributed by atoms with van der Waals surface area (Å²) in [6, 6.07) is 0. The molecule has 0 saturated heterocycles. The fraction of sp³-hybridized carbons (Fsp3) is 0.500.